The molecule has 26 heavy (non-hydrogen) atoms. The van der Waals surface area contributed by atoms with Crippen molar-refractivity contribution in [2.75, 3.05) is 19.0 Å². The van der Waals surface area contributed by atoms with Gasteiger partial charge in [0, 0.05) is 39.4 Å². The number of aliphatic hydroxyl groups excluding tert-OH is 1. The summed E-state index contributed by atoms with van der Waals surface area (Å²) in [5.74, 6) is -0.00755. The van der Waals surface area contributed by atoms with E-state index < -0.39 is 18.3 Å². The van der Waals surface area contributed by atoms with Gasteiger partial charge in [-0.15, -0.1) is 0 Å². The van der Waals surface area contributed by atoms with Crippen LogP contribution < -0.4 is 5.32 Å². The number of aromatic hydroxyl groups is 1. The van der Waals surface area contributed by atoms with E-state index in [0.717, 1.165) is 8.04 Å². The fourth-order valence-corrected chi connectivity index (χ4v) is 3.19. The second kappa shape index (κ2) is 10.1. The number of hydrogen-bond donors (Lipinski definition) is 3. The van der Waals surface area contributed by atoms with Gasteiger partial charge in [-0.2, -0.15) is 0 Å². The first-order chi connectivity index (χ1) is 12.4. The highest BCUT2D eigenvalue weighted by Crippen LogP contribution is 2.33. The summed E-state index contributed by atoms with van der Waals surface area (Å²) in [5.41, 5.74) is 0.989. The van der Waals surface area contributed by atoms with Crippen molar-refractivity contribution >= 4 is 50.3 Å². The Morgan fingerprint density at radius 2 is 1.96 bits per heavy atom. The van der Waals surface area contributed by atoms with Gasteiger partial charge >= 0.3 is 6.09 Å². The summed E-state index contributed by atoms with van der Waals surface area (Å²) >= 11 is 5.44. The zero-order valence-electron chi connectivity index (χ0n) is 14.0. The molecule has 1 amide bonds. The molecule has 2 atom stereocenters. The van der Waals surface area contributed by atoms with Crippen LogP contribution in [0.25, 0.3) is 0 Å². The number of phenols is 1. The van der Waals surface area contributed by atoms with E-state index in [1.165, 1.54) is 13.2 Å². The predicted octanol–water partition coefficient (Wildman–Crippen LogP) is 4.45. The van der Waals surface area contributed by atoms with Gasteiger partial charge in [0.05, 0.1) is 0 Å². The highest BCUT2D eigenvalue weighted by atomic mass is 127. The van der Waals surface area contributed by atoms with Crippen LogP contribution in [0, 0.1) is 3.57 Å². The van der Waals surface area contributed by atoms with E-state index in [-0.39, 0.29) is 18.8 Å². The van der Waals surface area contributed by atoms with Crippen molar-refractivity contribution in [2.45, 2.75) is 18.6 Å². The number of rotatable bonds is 7. The SMILES string of the molecule is CO[C@@H](CCO)[C@@H](OC(=O)Nc1ccc(Br)cc1)c1cc(I)ccc1O. The average molecular weight is 536 g/mol. The number of hydrogen-bond acceptors (Lipinski definition) is 5. The van der Waals surface area contributed by atoms with Crippen LogP contribution in [0.2, 0.25) is 0 Å². The molecule has 0 aliphatic heterocycles. The van der Waals surface area contributed by atoms with E-state index in [4.69, 9.17) is 9.47 Å². The number of aliphatic hydroxyl groups is 1. The van der Waals surface area contributed by atoms with Crippen LogP contribution in [0.1, 0.15) is 18.1 Å². The van der Waals surface area contributed by atoms with Gasteiger partial charge in [0.2, 0.25) is 0 Å². The molecule has 0 bridgehead atoms. The first-order valence-corrected chi connectivity index (χ1v) is 9.67. The minimum absolute atomic E-state index is 0.00755. The Labute approximate surface area is 173 Å². The van der Waals surface area contributed by atoms with Crippen molar-refractivity contribution in [3.63, 3.8) is 0 Å². The summed E-state index contributed by atoms with van der Waals surface area (Å²) in [6.07, 6.45) is -1.93. The van der Waals surface area contributed by atoms with E-state index in [1.807, 2.05) is 0 Å². The lowest BCUT2D eigenvalue weighted by molar-refractivity contribution is -0.0314. The standard InChI is InChI=1S/C18H19BrINO5/c1-25-16(8-9-22)17(14-10-12(20)4-7-15(14)23)26-18(24)21-13-5-2-11(19)3-6-13/h2-7,10,16-17,22-23H,8-9H2,1H3,(H,21,24)/t16-,17-/m0/s1. The zero-order chi connectivity index (χ0) is 19.1. The average Bonchev–Trinajstić information content (AvgIpc) is 2.62. The van der Waals surface area contributed by atoms with Gasteiger partial charge in [0.25, 0.3) is 0 Å². The third kappa shape index (κ3) is 5.83. The minimum atomic E-state index is -0.877. The highest BCUT2D eigenvalue weighted by molar-refractivity contribution is 14.1. The van der Waals surface area contributed by atoms with Crippen LogP contribution in [0.3, 0.4) is 0 Å². The molecule has 140 valence electrons. The number of carbonyl (C=O) groups excluding carboxylic acids is 1. The smallest absolute Gasteiger partial charge is 0.412 e. The van der Waals surface area contributed by atoms with Gasteiger partial charge in [-0.1, -0.05) is 15.9 Å². The molecule has 0 heterocycles. The first-order valence-electron chi connectivity index (χ1n) is 7.80. The van der Waals surface area contributed by atoms with Crippen molar-refractivity contribution in [2.24, 2.45) is 0 Å². The Morgan fingerprint density at radius 1 is 1.27 bits per heavy atom. The van der Waals surface area contributed by atoms with Crippen LogP contribution in [0.15, 0.2) is 46.9 Å². The van der Waals surface area contributed by atoms with Crippen molar-refractivity contribution < 1.29 is 24.5 Å². The second-order valence-electron chi connectivity index (χ2n) is 5.45. The number of benzene rings is 2. The number of halogens is 2. The maximum Gasteiger partial charge on any atom is 0.412 e. The van der Waals surface area contributed by atoms with Gasteiger partial charge in [-0.05, 0) is 65.1 Å². The molecule has 0 unspecified atom stereocenters. The lowest BCUT2D eigenvalue weighted by Gasteiger charge is -2.26. The molecule has 2 aromatic rings. The number of anilines is 1. The Kier molecular flexibility index (Phi) is 8.14. The fourth-order valence-electron chi connectivity index (χ4n) is 2.41. The summed E-state index contributed by atoms with van der Waals surface area (Å²) in [6.45, 7) is -0.141. The lowest BCUT2D eigenvalue weighted by atomic mass is 10.0. The highest BCUT2D eigenvalue weighted by Gasteiger charge is 2.29. The Balaban J connectivity index is 2.24. The number of nitrogens with one attached hydrogen (secondary N) is 1. The first kappa shape index (κ1) is 20.9. The third-order valence-electron chi connectivity index (χ3n) is 3.67. The molecule has 0 aliphatic rings. The lowest BCUT2D eigenvalue weighted by Crippen LogP contribution is -2.29. The zero-order valence-corrected chi connectivity index (χ0v) is 17.7. The fraction of sp³-hybridized carbons (Fsp3) is 0.278. The molecule has 6 nitrogen and oxygen atoms in total. The maximum absolute atomic E-state index is 12.4. The molecule has 2 aromatic carbocycles. The topological polar surface area (TPSA) is 88.0 Å². The molecule has 0 fully saturated rings. The summed E-state index contributed by atoms with van der Waals surface area (Å²) < 4.78 is 12.7. The molecule has 0 spiro atoms. The van der Waals surface area contributed by atoms with Gasteiger partial charge < -0.3 is 19.7 Å². The normalized spacial score (nSPS) is 13.1. The third-order valence-corrected chi connectivity index (χ3v) is 4.87. The molecule has 2 rings (SSSR count). The molecule has 0 aliphatic carbocycles. The summed E-state index contributed by atoms with van der Waals surface area (Å²) in [5, 5.41) is 22.1. The Hall–Kier alpha value is -1.36. The van der Waals surface area contributed by atoms with Crippen LogP contribution in [-0.4, -0.2) is 36.1 Å². The second-order valence-corrected chi connectivity index (χ2v) is 7.61. The van der Waals surface area contributed by atoms with E-state index in [9.17, 15) is 15.0 Å². The predicted molar refractivity (Wildman–Crippen MR) is 110 cm³/mol. The van der Waals surface area contributed by atoms with E-state index in [2.05, 4.69) is 43.8 Å². The van der Waals surface area contributed by atoms with E-state index in [0.29, 0.717) is 11.3 Å². The number of ether oxygens (including phenoxy) is 2. The van der Waals surface area contributed by atoms with Crippen molar-refractivity contribution in [1.29, 1.82) is 0 Å². The summed E-state index contributed by atoms with van der Waals surface area (Å²) in [4.78, 5) is 12.4. The summed E-state index contributed by atoms with van der Waals surface area (Å²) in [6, 6.07) is 12.0. The van der Waals surface area contributed by atoms with Gasteiger partial charge in [0.15, 0.2) is 6.10 Å². The number of carbonyl (C=O) groups is 1. The van der Waals surface area contributed by atoms with Crippen LogP contribution >= 0.6 is 38.5 Å². The van der Waals surface area contributed by atoms with Crippen LogP contribution in [0.4, 0.5) is 10.5 Å². The van der Waals surface area contributed by atoms with E-state index in [1.54, 1.807) is 36.4 Å². The minimum Gasteiger partial charge on any atom is -0.508 e. The van der Waals surface area contributed by atoms with Gasteiger partial charge in [-0.25, -0.2) is 4.79 Å². The molecular formula is C18H19BrINO5. The molecule has 0 radical (unpaired) electrons. The maximum atomic E-state index is 12.4. The molecule has 8 heteroatoms. The molecular weight excluding hydrogens is 517 g/mol. The van der Waals surface area contributed by atoms with Crippen LogP contribution in [0.5, 0.6) is 5.75 Å². The Morgan fingerprint density at radius 3 is 2.58 bits per heavy atom. The molecule has 0 aromatic heterocycles. The van der Waals surface area contributed by atoms with Crippen molar-refractivity contribution in [3.8, 4) is 5.75 Å². The van der Waals surface area contributed by atoms with E-state index >= 15 is 0 Å². The monoisotopic (exact) mass is 535 g/mol. The number of amides is 1. The van der Waals surface area contributed by atoms with Gasteiger partial charge in [0.1, 0.15) is 11.9 Å². The summed E-state index contributed by atoms with van der Waals surface area (Å²) in [7, 11) is 1.47. The molecule has 0 saturated carbocycles. The number of phenolic OH excluding ortho intramolecular Hbond substituents is 1. The van der Waals surface area contributed by atoms with Gasteiger partial charge in [-0.3, -0.25) is 5.32 Å². The number of methoxy groups -OCH3 is 1. The quantitative estimate of drug-likeness (QED) is 0.456. The van der Waals surface area contributed by atoms with Crippen molar-refractivity contribution in [1.82, 2.24) is 0 Å². The van der Waals surface area contributed by atoms with Crippen LogP contribution in [-0.2, 0) is 9.47 Å². The Bertz CT molecular complexity index is 741. The molecule has 0 saturated heterocycles. The van der Waals surface area contributed by atoms with Crippen molar-refractivity contribution in [3.05, 3.63) is 56.1 Å². The molecule has 3 N–H and O–H groups in total. The largest absolute Gasteiger partial charge is 0.508 e.